The SMILES string of the molecule is C#CC1CC=C(c2ccc(Cl)c3cnn(C)c23)C([C@H](Cc2cc(F)cc(F)c2)NC(=O)OC(C)(C)C)=N1. The van der Waals surface area contributed by atoms with Gasteiger partial charge in [-0.1, -0.05) is 29.7 Å². The number of halogens is 3. The number of ether oxygens (including phenoxy) is 1. The fourth-order valence-corrected chi connectivity index (χ4v) is 4.56. The van der Waals surface area contributed by atoms with Crippen molar-refractivity contribution in [3.05, 3.63) is 70.4 Å². The summed E-state index contributed by atoms with van der Waals surface area (Å²) in [5.41, 5.74) is 2.33. The lowest BCUT2D eigenvalue weighted by molar-refractivity contribution is 0.0518. The van der Waals surface area contributed by atoms with Gasteiger partial charge in [-0.05, 0) is 57.4 Å². The number of aromatic nitrogens is 2. The number of rotatable bonds is 5. The number of hydrogen-bond acceptors (Lipinski definition) is 4. The van der Waals surface area contributed by atoms with Crippen LogP contribution in [-0.2, 0) is 18.2 Å². The molecule has 1 aliphatic heterocycles. The van der Waals surface area contributed by atoms with Gasteiger partial charge in [-0.2, -0.15) is 5.10 Å². The molecule has 0 fully saturated rings. The Morgan fingerprint density at radius 2 is 2.00 bits per heavy atom. The second-order valence-corrected chi connectivity index (χ2v) is 10.3. The zero-order valence-electron chi connectivity index (χ0n) is 21.0. The molecule has 0 saturated carbocycles. The van der Waals surface area contributed by atoms with Gasteiger partial charge in [0.25, 0.3) is 0 Å². The minimum atomic E-state index is -0.808. The van der Waals surface area contributed by atoms with Crippen LogP contribution in [0.25, 0.3) is 16.5 Å². The monoisotopic (exact) mass is 524 g/mol. The Bertz CT molecular complexity index is 1440. The first-order chi connectivity index (χ1) is 17.4. The molecule has 6 nitrogen and oxygen atoms in total. The van der Waals surface area contributed by atoms with Crippen molar-refractivity contribution >= 4 is 39.9 Å². The molecule has 192 valence electrons. The summed E-state index contributed by atoms with van der Waals surface area (Å²) in [6.45, 7) is 5.23. The average molecular weight is 525 g/mol. The minimum Gasteiger partial charge on any atom is -0.444 e. The molecule has 0 aliphatic carbocycles. The summed E-state index contributed by atoms with van der Waals surface area (Å²) >= 11 is 6.42. The van der Waals surface area contributed by atoms with E-state index in [2.05, 4.69) is 16.3 Å². The molecule has 9 heteroatoms. The van der Waals surface area contributed by atoms with E-state index < -0.39 is 35.4 Å². The Morgan fingerprint density at radius 3 is 2.65 bits per heavy atom. The molecular weight excluding hydrogens is 498 g/mol. The standard InChI is InChI=1S/C28H27ClF2N4O2/c1-6-19-7-8-20(21-9-10-23(29)22-15-32-35(5)26(21)22)25(33-19)24(34-27(36)37-28(2,3)4)13-16-11-17(30)14-18(31)12-16/h1,8-12,14-15,19,24H,7,13H2,2-5H3,(H,34,36)/t19?,24-/m0/s1. The Kier molecular flexibility index (Phi) is 7.37. The van der Waals surface area contributed by atoms with Gasteiger partial charge in [-0.15, -0.1) is 6.42 Å². The highest BCUT2D eigenvalue weighted by Crippen LogP contribution is 2.34. The zero-order chi connectivity index (χ0) is 26.9. The van der Waals surface area contributed by atoms with Crippen LogP contribution in [0.2, 0.25) is 5.02 Å². The number of carbonyl (C=O) groups is 1. The van der Waals surface area contributed by atoms with Gasteiger partial charge in [0.05, 0.1) is 28.5 Å². The van der Waals surface area contributed by atoms with Crippen molar-refractivity contribution in [2.45, 2.75) is 51.3 Å². The number of nitrogens with zero attached hydrogens (tertiary/aromatic N) is 3. The Hall–Kier alpha value is -3.70. The summed E-state index contributed by atoms with van der Waals surface area (Å²) in [5.74, 6) is 1.21. The fraction of sp³-hybridized carbons (Fsp3) is 0.321. The van der Waals surface area contributed by atoms with E-state index in [4.69, 9.17) is 27.8 Å². The topological polar surface area (TPSA) is 68.5 Å². The molecule has 0 bridgehead atoms. The molecule has 2 atom stereocenters. The van der Waals surface area contributed by atoms with Gasteiger partial charge in [0.15, 0.2) is 0 Å². The number of dihydropyridines is 1. The van der Waals surface area contributed by atoms with E-state index in [0.29, 0.717) is 22.7 Å². The maximum atomic E-state index is 14.0. The normalized spacial score (nSPS) is 16.5. The molecule has 1 unspecified atom stereocenters. The number of terminal acetylenes is 1. The lowest BCUT2D eigenvalue weighted by Crippen LogP contribution is -2.46. The predicted molar refractivity (Wildman–Crippen MR) is 142 cm³/mol. The third-order valence-electron chi connectivity index (χ3n) is 5.83. The van der Waals surface area contributed by atoms with Gasteiger partial charge in [0.2, 0.25) is 0 Å². The van der Waals surface area contributed by atoms with Crippen LogP contribution >= 0.6 is 11.6 Å². The first kappa shape index (κ1) is 26.4. The number of aryl methyl sites for hydroxylation is 1. The molecule has 4 rings (SSSR count). The first-order valence-corrected chi connectivity index (χ1v) is 12.1. The van der Waals surface area contributed by atoms with Gasteiger partial charge < -0.3 is 10.1 Å². The molecule has 1 aliphatic rings. The molecule has 3 aromatic rings. The van der Waals surface area contributed by atoms with E-state index in [1.165, 1.54) is 12.1 Å². The summed E-state index contributed by atoms with van der Waals surface area (Å²) in [7, 11) is 1.80. The number of aliphatic imine (C=N–C) groups is 1. The fourth-order valence-electron chi connectivity index (χ4n) is 4.36. The molecule has 0 saturated heterocycles. The second kappa shape index (κ2) is 10.3. The Balaban J connectivity index is 1.83. The molecule has 0 radical (unpaired) electrons. The maximum Gasteiger partial charge on any atom is 0.408 e. The third kappa shape index (κ3) is 6.00. The van der Waals surface area contributed by atoms with Crippen molar-refractivity contribution in [1.82, 2.24) is 15.1 Å². The molecule has 2 heterocycles. The van der Waals surface area contributed by atoms with Crippen molar-refractivity contribution in [3.8, 4) is 12.3 Å². The summed E-state index contributed by atoms with van der Waals surface area (Å²) in [5, 5.41) is 8.49. The number of carbonyl (C=O) groups excluding carboxylic acids is 1. The van der Waals surface area contributed by atoms with Gasteiger partial charge >= 0.3 is 6.09 Å². The van der Waals surface area contributed by atoms with Crippen LogP contribution in [-0.4, -0.2) is 39.3 Å². The van der Waals surface area contributed by atoms with Gasteiger partial charge in [-0.25, -0.2) is 13.6 Å². The molecule has 1 amide bonds. The van der Waals surface area contributed by atoms with Crippen LogP contribution in [0.5, 0.6) is 0 Å². The van der Waals surface area contributed by atoms with E-state index in [1.54, 1.807) is 44.8 Å². The molecule has 2 aromatic carbocycles. The average Bonchev–Trinajstić information content (AvgIpc) is 3.19. The van der Waals surface area contributed by atoms with Crippen molar-refractivity contribution in [1.29, 1.82) is 0 Å². The highest BCUT2D eigenvalue weighted by molar-refractivity contribution is 6.36. The quantitative estimate of drug-likeness (QED) is 0.424. The number of nitrogens with one attached hydrogen (secondary N) is 1. The van der Waals surface area contributed by atoms with E-state index in [9.17, 15) is 13.6 Å². The van der Waals surface area contributed by atoms with Crippen molar-refractivity contribution in [3.63, 3.8) is 0 Å². The summed E-state index contributed by atoms with van der Waals surface area (Å²) in [4.78, 5) is 17.7. The van der Waals surface area contributed by atoms with E-state index in [-0.39, 0.29) is 6.42 Å². The highest BCUT2D eigenvalue weighted by Gasteiger charge is 2.30. The number of fused-ring (bicyclic) bond motifs is 1. The summed E-state index contributed by atoms with van der Waals surface area (Å²) in [6.07, 6.45) is 9.18. The van der Waals surface area contributed by atoms with Gasteiger partial charge in [0.1, 0.15) is 23.3 Å². The number of alkyl carbamates (subject to hydrolysis) is 1. The van der Waals surface area contributed by atoms with Gasteiger partial charge in [0, 0.05) is 29.6 Å². The highest BCUT2D eigenvalue weighted by atomic mass is 35.5. The van der Waals surface area contributed by atoms with Gasteiger partial charge in [-0.3, -0.25) is 9.67 Å². The zero-order valence-corrected chi connectivity index (χ0v) is 21.7. The lowest BCUT2D eigenvalue weighted by Gasteiger charge is -2.28. The minimum absolute atomic E-state index is 0.0451. The van der Waals surface area contributed by atoms with Crippen LogP contribution in [0.3, 0.4) is 0 Å². The van der Waals surface area contributed by atoms with Crippen LogP contribution in [0.15, 0.2) is 47.6 Å². The van der Waals surface area contributed by atoms with Crippen LogP contribution in [0, 0.1) is 24.0 Å². The summed E-state index contributed by atoms with van der Waals surface area (Å²) < 4.78 is 35.3. The van der Waals surface area contributed by atoms with Crippen LogP contribution in [0.1, 0.15) is 38.3 Å². The van der Waals surface area contributed by atoms with Crippen molar-refractivity contribution in [2.24, 2.45) is 12.0 Å². The number of hydrogen-bond donors (Lipinski definition) is 1. The van der Waals surface area contributed by atoms with Crippen LogP contribution < -0.4 is 5.32 Å². The lowest BCUT2D eigenvalue weighted by atomic mass is 9.88. The van der Waals surface area contributed by atoms with E-state index >= 15 is 0 Å². The van der Waals surface area contributed by atoms with E-state index in [0.717, 1.165) is 28.1 Å². The Labute approximate surface area is 219 Å². The first-order valence-electron chi connectivity index (χ1n) is 11.7. The molecular formula is C28H27ClF2N4O2. The maximum absolute atomic E-state index is 14.0. The number of benzene rings is 2. The van der Waals surface area contributed by atoms with Crippen LogP contribution in [0.4, 0.5) is 13.6 Å². The second-order valence-electron chi connectivity index (χ2n) is 9.86. The number of amides is 1. The molecule has 1 aromatic heterocycles. The third-order valence-corrected chi connectivity index (χ3v) is 6.16. The van der Waals surface area contributed by atoms with Crippen molar-refractivity contribution in [2.75, 3.05) is 0 Å². The molecule has 1 N–H and O–H groups in total. The molecule has 37 heavy (non-hydrogen) atoms. The van der Waals surface area contributed by atoms with Crippen molar-refractivity contribution < 1.29 is 18.3 Å². The smallest absolute Gasteiger partial charge is 0.408 e. The Morgan fingerprint density at radius 1 is 1.30 bits per heavy atom. The predicted octanol–water partition coefficient (Wildman–Crippen LogP) is 5.87. The summed E-state index contributed by atoms with van der Waals surface area (Å²) in [6, 6.07) is 5.59. The largest absolute Gasteiger partial charge is 0.444 e. The van der Waals surface area contributed by atoms with E-state index in [1.807, 2.05) is 12.1 Å². The molecule has 0 spiro atoms.